The van der Waals surface area contributed by atoms with E-state index in [0.717, 1.165) is 17.0 Å². The van der Waals surface area contributed by atoms with Crippen molar-refractivity contribution in [2.75, 3.05) is 19.7 Å². The van der Waals surface area contributed by atoms with Gasteiger partial charge in [0.1, 0.15) is 0 Å². The van der Waals surface area contributed by atoms with Gasteiger partial charge >= 0.3 is 6.18 Å². The highest BCUT2D eigenvalue weighted by Gasteiger charge is 2.44. The first-order valence-electron chi connectivity index (χ1n) is 7.85. The van der Waals surface area contributed by atoms with Crippen molar-refractivity contribution in [2.45, 2.75) is 52.1 Å². The lowest BCUT2D eigenvalue weighted by atomic mass is 9.90. The standard InChI is InChI=1S/C15H24F3N3O2/c1-10-13(11(2)21(19-10)7-8-22)9-20-5-3-12(4-6-20)14(23)15(16,17)18/h12,14,22-23H,3-9H2,1-2H3. The molecule has 0 aromatic carbocycles. The molecule has 2 rings (SSSR count). The Morgan fingerprint density at radius 1 is 1.26 bits per heavy atom. The van der Waals surface area contributed by atoms with Crippen molar-refractivity contribution < 1.29 is 23.4 Å². The third-order valence-electron chi connectivity index (χ3n) is 4.64. The van der Waals surface area contributed by atoms with Crippen LogP contribution in [0.5, 0.6) is 0 Å². The van der Waals surface area contributed by atoms with Crippen molar-refractivity contribution in [3.05, 3.63) is 17.0 Å². The molecule has 5 nitrogen and oxygen atoms in total. The summed E-state index contributed by atoms with van der Waals surface area (Å²) in [6.45, 7) is 5.98. The first kappa shape index (κ1) is 18.2. The van der Waals surface area contributed by atoms with Gasteiger partial charge in [-0.3, -0.25) is 9.58 Å². The van der Waals surface area contributed by atoms with E-state index in [0.29, 0.717) is 39.0 Å². The zero-order chi connectivity index (χ0) is 17.2. The van der Waals surface area contributed by atoms with Gasteiger partial charge < -0.3 is 10.2 Å². The van der Waals surface area contributed by atoms with Crippen LogP contribution in [0.15, 0.2) is 0 Å². The van der Waals surface area contributed by atoms with E-state index in [1.807, 2.05) is 13.8 Å². The lowest BCUT2D eigenvalue weighted by molar-refractivity contribution is -0.223. The van der Waals surface area contributed by atoms with E-state index in [2.05, 4.69) is 10.00 Å². The van der Waals surface area contributed by atoms with Crippen LogP contribution < -0.4 is 0 Å². The molecular formula is C15H24F3N3O2. The summed E-state index contributed by atoms with van der Waals surface area (Å²) >= 11 is 0. The number of halogens is 3. The quantitative estimate of drug-likeness (QED) is 0.859. The van der Waals surface area contributed by atoms with Crippen LogP contribution in [0.2, 0.25) is 0 Å². The number of hydrogen-bond acceptors (Lipinski definition) is 4. The highest BCUT2D eigenvalue weighted by Crippen LogP contribution is 2.32. The Labute approximate surface area is 133 Å². The summed E-state index contributed by atoms with van der Waals surface area (Å²) in [7, 11) is 0. The van der Waals surface area contributed by atoms with E-state index < -0.39 is 18.2 Å². The predicted molar refractivity (Wildman–Crippen MR) is 78.8 cm³/mol. The smallest absolute Gasteiger partial charge is 0.394 e. The third kappa shape index (κ3) is 4.24. The van der Waals surface area contributed by atoms with Crippen molar-refractivity contribution in [2.24, 2.45) is 5.92 Å². The number of alkyl halides is 3. The van der Waals surface area contributed by atoms with Crippen LogP contribution in [-0.2, 0) is 13.1 Å². The maximum atomic E-state index is 12.6. The minimum atomic E-state index is -4.54. The maximum Gasteiger partial charge on any atom is 0.414 e. The number of aliphatic hydroxyl groups excluding tert-OH is 2. The van der Waals surface area contributed by atoms with Crippen LogP contribution in [-0.4, -0.2) is 56.9 Å². The van der Waals surface area contributed by atoms with Gasteiger partial charge in [0.2, 0.25) is 0 Å². The van der Waals surface area contributed by atoms with Crippen molar-refractivity contribution in [3.8, 4) is 0 Å². The molecular weight excluding hydrogens is 311 g/mol. The largest absolute Gasteiger partial charge is 0.414 e. The monoisotopic (exact) mass is 335 g/mol. The molecule has 0 amide bonds. The molecule has 1 atom stereocenters. The van der Waals surface area contributed by atoms with E-state index in [1.54, 1.807) is 4.68 Å². The van der Waals surface area contributed by atoms with Crippen LogP contribution in [0.3, 0.4) is 0 Å². The molecule has 1 aliphatic rings. The number of rotatable bonds is 5. The third-order valence-corrected chi connectivity index (χ3v) is 4.64. The fourth-order valence-electron chi connectivity index (χ4n) is 3.19. The first-order chi connectivity index (χ1) is 10.7. The van der Waals surface area contributed by atoms with Crippen molar-refractivity contribution in [3.63, 3.8) is 0 Å². The lowest BCUT2D eigenvalue weighted by Crippen LogP contribution is -2.43. The molecule has 1 aliphatic heterocycles. The topological polar surface area (TPSA) is 61.5 Å². The zero-order valence-electron chi connectivity index (χ0n) is 13.5. The summed E-state index contributed by atoms with van der Waals surface area (Å²) in [5, 5.41) is 22.8. The van der Waals surface area contributed by atoms with Crippen LogP contribution in [0.4, 0.5) is 13.2 Å². The van der Waals surface area contributed by atoms with Crippen LogP contribution >= 0.6 is 0 Å². The minimum absolute atomic E-state index is 0.0160. The summed E-state index contributed by atoms with van der Waals surface area (Å²) in [5.41, 5.74) is 2.93. The molecule has 1 aromatic rings. The summed E-state index contributed by atoms with van der Waals surface area (Å²) < 4.78 is 39.4. The molecule has 1 unspecified atom stereocenters. The van der Waals surface area contributed by atoms with E-state index in [-0.39, 0.29) is 6.61 Å². The number of aryl methyl sites for hydroxylation is 1. The van der Waals surface area contributed by atoms with Crippen molar-refractivity contribution >= 4 is 0 Å². The molecule has 23 heavy (non-hydrogen) atoms. The van der Waals surface area contributed by atoms with Gasteiger partial charge in [0.05, 0.1) is 18.8 Å². The molecule has 1 fully saturated rings. The lowest BCUT2D eigenvalue weighted by Gasteiger charge is -2.34. The predicted octanol–water partition coefficient (Wildman–Crippen LogP) is 1.63. The van der Waals surface area contributed by atoms with Gasteiger partial charge in [-0.15, -0.1) is 0 Å². The van der Waals surface area contributed by atoms with E-state index >= 15 is 0 Å². The molecule has 1 aromatic heterocycles. The summed E-state index contributed by atoms with van der Waals surface area (Å²) in [5.74, 6) is -0.717. The van der Waals surface area contributed by atoms with Gasteiger partial charge in [0, 0.05) is 17.8 Å². The Kier molecular flexibility index (Phi) is 5.70. The number of piperidine rings is 1. The molecule has 0 spiro atoms. The average Bonchev–Trinajstić information content (AvgIpc) is 2.74. The normalized spacial score (nSPS) is 19.3. The summed E-state index contributed by atoms with van der Waals surface area (Å²) in [6.07, 6.45) is -6.08. The van der Waals surface area contributed by atoms with Crippen LogP contribution in [0, 0.1) is 19.8 Å². The fourth-order valence-corrected chi connectivity index (χ4v) is 3.19. The Balaban J connectivity index is 1.95. The molecule has 2 N–H and O–H groups in total. The van der Waals surface area contributed by atoms with Gasteiger partial charge in [0.15, 0.2) is 6.10 Å². The summed E-state index contributed by atoms with van der Waals surface area (Å²) in [4.78, 5) is 2.10. The number of aliphatic hydroxyl groups is 2. The zero-order valence-corrected chi connectivity index (χ0v) is 13.5. The Morgan fingerprint density at radius 3 is 2.39 bits per heavy atom. The highest BCUT2D eigenvalue weighted by molar-refractivity contribution is 5.24. The second-order valence-corrected chi connectivity index (χ2v) is 6.20. The number of nitrogens with zero attached hydrogens (tertiary/aromatic N) is 3. The van der Waals surface area contributed by atoms with Crippen LogP contribution in [0.1, 0.15) is 29.8 Å². The minimum Gasteiger partial charge on any atom is -0.394 e. The van der Waals surface area contributed by atoms with Gasteiger partial charge in [-0.1, -0.05) is 0 Å². The van der Waals surface area contributed by atoms with Gasteiger partial charge in [-0.2, -0.15) is 18.3 Å². The second kappa shape index (κ2) is 7.19. The number of hydrogen-bond donors (Lipinski definition) is 2. The molecule has 1 saturated heterocycles. The van der Waals surface area contributed by atoms with E-state index in [9.17, 15) is 18.3 Å². The molecule has 0 bridgehead atoms. The Bertz CT molecular complexity index is 523. The van der Waals surface area contributed by atoms with E-state index in [1.165, 1.54) is 0 Å². The van der Waals surface area contributed by atoms with E-state index in [4.69, 9.17) is 5.11 Å². The van der Waals surface area contributed by atoms with Gasteiger partial charge in [0.25, 0.3) is 0 Å². The van der Waals surface area contributed by atoms with Gasteiger partial charge in [-0.05, 0) is 45.7 Å². The van der Waals surface area contributed by atoms with Crippen molar-refractivity contribution in [1.29, 1.82) is 0 Å². The fraction of sp³-hybridized carbons (Fsp3) is 0.800. The maximum absolute atomic E-state index is 12.6. The Morgan fingerprint density at radius 2 is 1.87 bits per heavy atom. The highest BCUT2D eigenvalue weighted by atomic mass is 19.4. The molecule has 0 saturated carbocycles. The van der Waals surface area contributed by atoms with Crippen LogP contribution in [0.25, 0.3) is 0 Å². The van der Waals surface area contributed by atoms with Gasteiger partial charge in [-0.25, -0.2) is 0 Å². The Hall–Kier alpha value is -1.12. The molecule has 132 valence electrons. The molecule has 2 heterocycles. The molecule has 0 aliphatic carbocycles. The number of aromatic nitrogens is 2. The number of likely N-dealkylation sites (tertiary alicyclic amines) is 1. The average molecular weight is 335 g/mol. The first-order valence-corrected chi connectivity index (χ1v) is 7.85. The molecule has 8 heteroatoms. The second-order valence-electron chi connectivity index (χ2n) is 6.20. The molecule has 0 radical (unpaired) electrons. The summed E-state index contributed by atoms with van der Waals surface area (Å²) in [6, 6.07) is 0. The SMILES string of the molecule is Cc1nn(CCO)c(C)c1CN1CCC(C(O)C(F)(F)F)CC1. The van der Waals surface area contributed by atoms with Crippen molar-refractivity contribution in [1.82, 2.24) is 14.7 Å².